The SMILES string of the molecule is CC1CCN(C(CNC(=O)c2occc2-c2ccccc2)C(C)C)CC1. The Balaban J connectivity index is 1.65. The van der Waals surface area contributed by atoms with E-state index in [-0.39, 0.29) is 5.91 Å². The Hall–Kier alpha value is -2.07. The molecule has 0 radical (unpaired) electrons. The van der Waals surface area contributed by atoms with Gasteiger partial charge < -0.3 is 9.73 Å². The standard InChI is InChI=1S/C22H30N2O2/c1-16(2)20(24-12-9-17(3)10-13-24)15-23-22(25)21-19(11-14-26-21)18-7-5-4-6-8-18/h4-8,11,14,16-17,20H,9-10,12-13,15H2,1-3H3,(H,23,25). The van der Waals surface area contributed by atoms with Crippen LogP contribution in [0.15, 0.2) is 47.1 Å². The van der Waals surface area contributed by atoms with Crippen molar-refractivity contribution in [2.24, 2.45) is 11.8 Å². The van der Waals surface area contributed by atoms with Gasteiger partial charge in [0.05, 0.1) is 6.26 Å². The van der Waals surface area contributed by atoms with Crippen LogP contribution in [0.4, 0.5) is 0 Å². The van der Waals surface area contributed by atoms with Crippen LogP contribution < -0.4 is 5.32 Å². The van der Waals surface area contributed by atoms with Gasteiger partial charge in [0.1, 0.15) is 0 Å². The quantitative estimate of drug-likeness (QED) is 0.834. The molecule has 1 N–H and O–H groups in total. The molecule has 1 unspecified atom stereocenters. The number of hydrogen-bond donors (Lipinski definition) is 1. The molecule has 1 atom stereocenters. The van der Waals surface area contributed by atoms with E-state index in [0.717, 1.165) is 30.1 Å². The Morgan fingerprint density at radius 1 is 1.19 bits per heavy atom. The molecule has 3 rings (SSSR count). The van der Waals surface area contributed by atoms with E-state index in [1.54, 1.807) is 6.26 Å². The second-order valence-corrected chi connectivity index (χ2v) is 7.77. The van der Waals surface area contributed by atoms with Crippen molar-refractivity contribution in [1.29, 1.82) is 0 Å². The van der Waals surface area contributed by atoms with E-state index in [1.165, 1.54) is 12.8 Å². The molecule has 1 aromatic carbocycles. The first-order chi connectivity index (χ1) is 12.6. The predicted octanol–water partition coefficient (Wildman–Crippen LogP) is 4.43. The van der Waals surface area contributed by atoms with Crippen molar-refractivity contribution in [3.05, 3.63) is 48.4 Å². The first-order valence-corrected chi connectivity index (χ1v) is 9.71. The number of carbonyl (C=O) groups is 1. The highest BCUT2D eigenvalue weighted by molar-refractivity contribution is 5.98. The highest BCUT2D eigenvalue weighted by atomic mass is 16.3. The van der Waals surface area contributed by atoms with Crippen molar-refractivity contribution in [2.75, 3.05) is 19.6 Å². The lowest BCUT2D eigenvalue weighted by atomic mass is 9.94. The summed E-state index contributed by atoms with van der Waals surface area (Å²) in [5.41, 5.74) is 1.84. The Kier molecular flexibility index (Phi) is 6.15. The summed E-state index contributed by atoms with van der Waals surface area (Å²) < 4.78 is 5.51. The average Bonchev–Trinajstić information content (AvgIpc) is 3.13. The fourth-order valence-corrected chi connectivity index (χ4v) is 3.75. The summed E-state index contributed by atoms with van der Waals surface area (Å²) in [4.78, 5) is 15.3. The van der Waals surface area contributed by atoms with Gasteiger partial charge in [0.25, 0.3) is 5.91 Å². The molecule has 0 saturated carbocycles. The van der Waals surface area contributed by atoms with Crippen LogP contribution >= 0.6 is 0 Å². The van der Waals surface area contributed by atoms with Gasteiger partial charge in [-0.05, 0) is 49.4 Å². The second-order valence-electron chi connectivity index (χ2n) is 7.77. The minimum atomic E-state index is -0.134. The maximum Gasteiger partial charge on any atom is 0.287 e. The van der Waals surface area contributed by atoms with Crippen LogP contribution in [0.2, 0.25) is 0 Å². The molecule has 0 spiro atoms. The molecule has 4 nitrogen and oxygen atoms in total. The second kappa shape index (κ2) is 8.54. The molecule has 2 heterocycles. The number of hydrogen-bond acceptors (Lipinski definition) is 3. The third kappa shape index (κ3) is 4.36. The minimum absolute atomic E-state index is 0.134. The summed E-state index contributed by atoms with van der Waals surface area (Å²) in [6, 6.07) is 12.1. The number of carbonyl (C=O) groups excluding carboxylic acids is 1. The lowest BCUT2D eigenvalue weighted by Crippen LogP contribution is -2.49. The van der Waals surface area contributed by atoms with Crippen molar-refractivity contribution >= 4 is 5.91 Å². The Morgan fingerprint density at radius 3 is 2.54 bits per heavy atom. The van der Waals surface area contributed by atoms with Crippen LogP contribution in [-0.2, 0) is 0 Å². The molecule has 1 fully saturated rings. The van der Waals surface area contributed by atoms with Gasteiger partial charge in [-0.1, -0.05) is 51.1 Å². The predicted molar refractivity (Wildman–Crippen MR) is 105 cm³/mol. The molecule has 1 aliphatic heterocycles. The van der Waals surface area contributed by atoms with Crippen molar-refractivity contribution in [3.8, 4) is 11.1 Å². The van der Waals surface area contributed by atoms with E-state index in [4.69, 9.17) is 4.42 Å². The molecular weight excluding hydrogens is 324 g/mol. The number of rotatable bonds is 6. The van der Waals surface area contributed by atoms with Gasteiger partial charge in [-0.3, -0.25) is 9.69 Å². The van der Waals surface area contributed by atoms with E-state index in [9.17, 15) is 4.79 Å². The monoisotopic (exact) mass is 354 g/mol. The van der Waals surface area contributed by atoms with Crippen LogP contribution in [0.1, 0.15) is 44.2 Å². The molecule has 1 amide bonds. The summed E-state index contributed by atoms with van der Waals surface area (Å²) in [5.74, 6) is 1.56. The largest absolute Gasteiger partial charge is 0.459 e. The number of benzene rings is 1. The maximum atomic E-state index is 12.7. The summed E-state index contributed by atoms with van der Waals surface area (Å²) in [6.45, 7) is 9.69. The third-order valence-electron chi connectivity index (χ3n) is 5.48. The number of nitrogens with one attached hydrogen (secondary N) is 1. The van der Waals surface area contributed by atoms with Crippen LogP contribution in [0.5, 0.6) is 0 Å². The first-order valence-electron chi connectivity index (χ1n) is 9.71. The van der Waals surface area contributed by atoms with Gasteiger partial charge in [0.15, 0.2) is 5.76 Å². The number of nitrogens with zero attached hydrogens (tertiary/aromatic N) is 1. The Labute approximate surface area is 156 Å². The molecule has 1 saturated heterocycles. The fourth-order valence-electron chi connectivity index (χ4n) is 3.75. The zero-order valence-electron chi connectivity index (χ0n) is 16.1. The number of amides is 1. The molecule has 0 aliphatic carbocycles. The lowest BCUT2D eigenvalue weighted by Gasteiger charge is -2.38. The molecule has 2 aromatic rings. The topological polar surface area (TPSA) is 45.5 Å². The third-order valence-corrected chi connectivity index (χ3v) is 5.48. The zero-order valence-corrected chi connectivity index (χ0v) is 16.1. The highest BCUT2D eigenvalue weighted by Crippen LogP contribution is 2.25. The number of likely N-dealkylation sites (tertiary alicyclic amines) is 1. The molecular formula is C22H30N2O2. The van der Waals surface area contributed by atoms with Gasteiger partial charge in [-0.25, -0.2) is 0 Å². The summed E-state index contributed by atoms with van der Waals surface area (Å²) in [6.07, 6.45) is 4.07. The van der Waals surface area contributed by atoms with Crippen LogP contribution in [-0.4, -0.2) is 36.5 Å². The highest BCUT2D eigenvalue weighted by Gasteiger charge is 2.27. The molecule has 1 aromatic heterocycles. The van der Waals surface area contributed by atoms with E-state index in [1.807, 2.05) is 36.4 Å². The first kappa shape index (κ1) is 18.7. The summed E-state index contributed by atoms with van der Waals surface area (Å²) >= 11 is 0. The zero-order chi connectivity index (χ0) is 18.5. The summed E-state index contributed by atoms with van der Waals surface area (Å²) in [7, 11) is 0. The molecule has 140 valence electrons. The van der Waals surface area contributed by atoms with Gasteiger partial charge in [0.2, 0.25) is 0 Å². The average molecular weight is 354 g/mol. The minimum Gasteiger partial charge on any atom is -0.459 e. The van der Waals surface area contributed by atoms with Gasteiger partial charge in [0, 0.05) is 18.2 Å². The Morgan fingerprint density at radius 2 is 1.88 bits per heavy atom. The van der Waals surface area contributed by atoms with E-state index in [2.05, 4.69) is 31.0 Å². The van der Waals surface area contributed by atoms with Crippen molar-refractivity contribution in [2.45, 2.75) is 39.7 Å². The smallest absolute Gasteiger partial charge is 0.287 e. The fraction of sp³-hybridized carbons (Fsp3) is 0.500. The van der Waals surface area contributed by atoms with Crippen molar-refractivity contribution in [3.63, 3.8) is 0 Å². The molecule has 0 bridgehead atoms. The van der Waals surface area contributed by atoms with Gasteiger partial charge in [-0.2, -0.15) is 0 Å². The van der Waals surface area contributed by atoms with Crippen LogP contribution in [0.25, 0.3) is 11.1 Å². The van der Waals surface area contributed by atoms with E-state index < -0.39 is 0 Å². The van der Waals surface area contributed by atoms with Gasteiger partial charge >= 0.3 is 0 Å². The molecule has 1 aliphatic rings. The van der Waals surface area contributed by atoms with Gasteiger partial charge in [-0.15, -0.1) is 0 Å². The normalized spacial score (nSPS) is 17.4. The molecule has 26 heavy (non-hydrogen) atoms. The number of furan rings is 1. The summed E-state index contributed by atoms with van der Waals surface area (Å²) in [5, 5.41) is 3.11. The van der Waals surface area contributed by atoms with Crippen LogP contribution in [0.3, 0.4) is 0 Å². The maximum absolute atomic E-state index is 12.7. The lowest BCUT2D eigenvalue weighted by molar-refractivity contribution is 0.0841. The van der Waals surface area contributed by atoms with Crippen molar-refractivity contribution in [1.82, 2.24) is 10.2 Å². The van der Waals surface area contributed by atoms with E-state index >= 15 is 0 Å². The Bertz CT molecular complexity index is 700. The van der Waals surface area contributed by atoms with Crippen molar-refractivity contribution < 1.29 is 9.21 Å². The van der Waals surface area contributed by atoms with E-state index in [0.29, 0.717) is 24.3 Å². The molecule has 4 heteroatoms. The number of piperidine rings is 1. The van der Waals surface area contributed by atoms with Crippen LogP contribution in [0, 0.1) is 11.8 Å².